The van der Waals surface area contributed by atoms with E-state index >= 15 is 0 Å². The molecule has 0 aliphatic rings. The number of phosphoric ester groups is 1. The van der Waals surface area contributed by atoms with Crippen LogP contribution in [0, 0.1) is 5.82 Å². The molecule has 3 rings (SSSR count). The second-order valence-corrected chi connectivity index (χ2v) is 14.1. The third-order valence-corrected chi connectivity index (χ3v) is 8.91. The highest BCUT2D eigenvalue weighted by Gasteiger charge is 2.40. The maximum absolute atomic E-state index is 14.9. The fraction of sp³-hybridized carbons (Fsp3) is 0.457. The standard InChI is InChI=1S/C35H38F10NO9P/c1-18(2)27-13-28(30(52-6)14-29(27)36)26-8-7-22(33(37,38)39)11-21(26)15-46(4)19(3)31(55-32(47)54-25(16-51-5)17-53-56(48,49)50)20-9-23(34(40,41)42)12-24(10-20)35(43,44)45/h7-14,18-19,25,31H,15-17H2,1-6H3,(H2,48,49,50)/t19-,25?,31-/m0/s1. The molecule has 0 aliphatic carbocycles. The Morgan fingerprint density at radius 3 is 1.84 bits per heavy atom. The van der Waals surface area contributed by atoms with E-state index in [0.717, 1.165) is 31.4 Å². The van der Waals surface area contributed by atoms with Gasteiger partial charge in [-0.25, -0.2) is 13.8 Å². The molecule has 0 fully saturated rings. The van der Waals surface area contributed by atoms with Crippen molar-refractivity contribution in [1.29, 1.82) is 0 Å². The molecule has 56 heavy (non-hydrogen) atoms. The molecular weight excluding hydrogens is 799 g/mol. The Hall–Kier alpha value is -3.94. The molecule has 10 nitrogen and oxygen atoms in total. The van der Waals surface area contributed by atoms with Crippen molar-refractivity contribution in [2.75, 3.05) is 34.5 Å². The zero-order valence-electron chi connectivity index (χ0n) is 30.5. The lowest BCUT2D eigenvalue weighted by atomic mass is 9.91. The lowest BCUT2D eigenvalue weighted by molar-refractivity contribution is -0.143. The molecule has 2 N–H and O–H groups in total. The number of halogens is 10. The summed E-state index contributed by atoms with van der Waals surface area (Å²) in [4.78, 5) is 32.3. The lowest BCUT2D eigenvalue weighted by Crippen LogP contribution is -2.37. The third kappa shape index (κ3) is 12.5. The van der Waals surface area contributed by atoms with Gasteiger partial charge in [-0.15, -0.1) is 0 Å². The molecule has 0 saturated carbocycles. The van der Waals surface area contributed by atoms with Crippen LogP contribution in [0.2, 0.25) is 0 Å². The van der Waals surface area contributed by atoms with E-state index in [4.69, 9.17) is 28.7 Å². The molecule has 21 heteroatoms. The fourth-order valence-corrected chi connectivity index (χ4v) is 5.90. The predicted molar refractivity (Wildman–Crippen MR) is 179 cm³/mol. The topological polar surface area (TPSA) is 124 Å². The SMILES string of the molecule is COCC(COP(=O)(O)O)OC(=O)O[C@H](c1cc(C(F)(F)F)cc(C(F)(F)F)c1)[C@H](C)N(C)Cc1cc(C(F)(F)F)ccc1-c1cc(C(C)C)c(F)cc1OC. The van der Waals surface area contributed by atoms with E-state index in [1.165, 1.54) is 32.0 Å². The normalized spacial score (nSPS) is 14.5. The number of hydrogen-bond donors (Lipinski definition) is 2. The van der Waals surface area contributed by atoms with Crippen LogP contribution in [0.3, 0.4) is 0 Å². The molecule has 312 valence electrons. The zero-order chi connectivity index (χ0) is 42.6. The van der Waals surface area contributed by atoms with Gasteiger partial charge in [0.05, 0.1) is 37.0 Å². The second kappa shape index (κ2) is 18.1. The summed E-state index contributed by atoms with van der Waals surface area (Å²) in [5.74, 6) is -1.12. The van der Waals surface area contributed by atoms with Gasteiger partial charge in [0.15, 0.2) is 6.10 Å². The molecule has 0 aliphatic heterocycles. The number of ether oxygens (including phenoxy) is 4. The van der Waals surface area contributed by atoms with Crippen LogP contribution in [0.5, 0.6) is 5.75 Å². The van der Waals surface area contributed by atoms with Gasteiger partial charge in [-0.3, -0.25) is 9.42 Å². The number of carbonyl (C=O) groups excluding carboxylic acids is 1. The first-order valence-electron chi connectivity index (χ1n) is 16.3. The van der Waals surface area contributed by atoms with E-state index < -0.39 is 98.6 Å². The molecule has 3 aromatic rings. The third-order valence-electron chi connectivity index (χ3n) is 8.42. The summed E-state index contributed by atoms with van der Waals surface area (Å²) in [7, 11) is -1.60. The van der Waals surface area contributed by atoms with Gasteiger partial charge in [0, 0.05) is 31.3 Å². The minimum atomic E-state index is -5.34. The van der Waals surface area contributed by atoms with Gasteiger partial charge in [0.25, 0.3) is 0 Å². The van der Waals surface area contributed by atoms with Crippen LogP contribution in [-0.4, -0.2) is 67.5 Å². The van der Waals surface area contributed by atoms with E-state index in [1.807, 2.05) is 0 Å². The van der Waals surface area contributed by atoms with Crippen molar-refractivity contribution in [3.8, 4) is 16.9 Å². The molecule has 0 bridgehead atoms. The molecule has 1 unspecified atom stereocenters. The van der Waals surface area contributed by atoms with Gasteiger partial charge in [-0.1, -0.05) is 19.9 Å². The Morgan fingerprint density at radius 2 is 1.36 bits per heavy atom. The van der Waals surface area contributed by atoms with Gasteiger partial charge < -0.3 is 28.7 Å². The Morgan fingerprint density at radius 1 is 0.786 bits per heavy atom. The maximum Gasteiger partial charge on any atom is 0.509 e. The molecule has 0 aromatic heterocycles. The van der Waals surface area contributed by atoms with Gasteiger partial charge in [0.1, 0.15) is 17.7 Å². The fourth-order valence-electron chi connectivity index (χ4n) is 5.54. The van der Waals surface area contributed by atoms with Crippen molar-refractivity contribution in [2.24, 2.45) is 0 Å². The molecule has 0 amide bonds. The molecular formula is C35H38F10NO9P. The quantitative estimate of drug-likeness (QED) is 0.0870. The predicted octanol–water partition coefficient (Wildman–Crippen LogP) is 9.52. The Labute approximate surface area is 314 Å². The van der Waals surface area contributed by atoms with Crippen LogP contribution in [0.4, 0.5) is 48.7 Å². The minimum Gasteiger partial charge on any atom is -0.496 e. The number of carbonyl (C=O) groups is 1. The number of rotatable bonds is 15. The van der Waals surface area contributed by atoms with Crippen LogP contribution >= 0.6 is 7.82 Å². The van der Waals surface area contributed by atoms with Crippen LogP contribution in [0.1, 0.15) is 66.2 Å². The Balaban J connectivity index is 2.20. The molecule has 0 spiro atoms. The number of likely N-dealkylation sites (N-methyl/N-ethyl adjacent to an activating group) is 1. The van der Waals surface area contributed by atoms with Crippen molar-refractivity contribution >= 4 is 14.0 Å². The number of phosphoric acid groups is 1. The van der Waals surface area contributed by atoms with Crippen molar-refractivity contribution in [2.45, 2.75) is 70.0 Å². The van der Waals surface area contributed by atoms with Gasteiger partial charge in [-0.05, 0) is 78.5 Å². The number of nitrogens with zero attached hydrogens (tertiary/aromatic N) is 1. The summed E-state index contributed by atoms with van der Waals surface area (Å²) in [5, 5.41) is 0. The van der Waals surface area contributed by atoms with E-state index in [1.54, 1.807) is 13.8 Å². The largest absolute Gasteiger partial charge is 0.509 e. The molecule has 3 aromatic carbocycles. The van der Waals surface area contributed by atoms with E-state index in [2.05, 4.69) is 4.52 Å². The summed E-state index contributed by atoms with van der Waals surface area (Å²) < 4.78 is 176. The second-order valence-electron chi connectivity index (χ2n) is 12.9. The van der Waals surface area contributed by atoms with Crippen molar-refractivity contribution < 1.29 is 86.5 Å². The number of benzene rings is 3. The first kappa shape index (κ1) is 46.4. The Kier molecular flexibility index (Phi) is 15.0. The molecule has 0 saturated heterocycles. The lowest BCUT2D eigenvalue weighted by Gasteiger charge is -2.33. The smallest absolute Gasteiger partial charge is 0.496 e. The van der Waals surface area contributed by atoms with Crippen LogP contribution < -0.4 is 4.74 Å². The number of alkyl halides is 9. The first-order valence-corrected chi connectivity index (χ1v) is 17.8. The van der Waals surface area contributed by atoms with Gasteiger partial charge in [-0.2, -0.15) is 39.5 Å². The molecule has 0 heterocycles. The summed E-state index contributed by atoms with van der Waals surface area (Å²) in [6, 6.07) is 3.98. The summed E-state index contributed by atoms with van der Waals surface area (Å²) in [6.45, 7) is 2.45. The monoisotopic (exact) mass is 837 g/mol. The summed E-state index contributed by atoms with van der Waals surface area (Å²) in [5.41, 5.74) is -5.22. The van der Waals surface area contributed by atoms with Crippen LogP contribution in [-0.2, 0) is 48.4 Å². The Bertz CT molecular complexity index is 1850. The highest BCUT2D eigenvalue weighted by Crippen LogP contribution is 2.42. The molecule has 0 radical (unpaired) electrons. The number of hydrogen-bond acceptors (Lipinski definition) is 8. The summed E-state index contributed by atoms with van der Waals surface area (Å²) >= 11 is 0. The van der Waals surface area contributed by atoms with Crippen LogP contribution in [0.25, 0.3) is 11.1 Å². The van der Waals surface area contributed by atoms with Crippen molar-refractivity contribution in [3.63, 3.8) is 0 Å². The first-order chi connectivity index (χ1) is 25.7. The van der Waals surface area contributed by atoms with Gasteiger partial charge >= 0.3 is 32.5 Å². The maximum atomic E-state index is 14.9. The highest BCUT2D eigenvalue weighted by molar-refractivity contribution is 7.46. The van der Waals surface area contributed by atoms with Crippen molar-refractivity contribution in [3.05, 3.63) is 87.7 Å². The van der Waals surface area contributed by atoms with Gasteiger partial charge in [0.2, 0.25) is 0 Å². The summed E-state index contributed by atoms with van der Waals surface area (Å²) in [6.07, 6.45) is -21.0. The average Bonchev–Trinajstić information content (AvgIpc) is 3.07. The van der Waals surface area contributed by atoms with Crippen LogP contribution in [0.15, 0.2) is 48.5 Å². The average molecular weight is 838 g/mol. The molecule has 3 atom stereocenters. The number of methoxy groups -OCH3 is 2. The van der Waals surface area contributed by atoms with Crippen molar-refractivity contribution in [1.82, 2.24) is 4.90 Å². The minimum absolute atomic E-state index is 0.0652. The van der Waals surface area contributed by atoms with E-state index in [9.17, 15) is 53.3 Å². The van der Waals surface area contributed by atoms with E-state index in [-0.39, 0.29) is 52.1 Å². The highest BCUT2D eigenvalue weighted by atomic mass is 31.2. The zero-order valence-corrected chi connectivity index (χ0v) is 31.4. The van der Waals surface area contributed by atoms with E-state index in [0.29, 0.717) is 0 Å².